The Balaban J connectivity index is 1.21. The SMILES string of the molecule is O=C(CC1CCNCC1Cc1cc(CN2CCOCC2)on1)NCCN1CCOCC1. The molecular formula is C22H37N5O4. The summed E-state index contributed by atoms with van der Waals surface area (Å²) in [7, 11) is 0. The average Bonchev–Trinajstić information content (AvgIpc) is 3.23. The Hall–Kier alpha value is -1.52. The minimum atomic E-state index is 0.165. The lowest BCUT2D eigenvalue weighted by Gasteiger charge is -2.31. The summed E-state index contributed by atoms with van der Waals surface area (Å²) in [4.78, 5) is 17.2. The number of rotatable bonds is 9. The molecule has 0 radical (unpaired) electrons. The zero-order chi connectivity index (χ0) is 21.3. The number of hydrogen-bond donors (Lipinski definition) is 2. The zero-order valence-electron chi connectivity index (χ0n) is 18.5. The summed E-state index contributed by atoms with van der Waals surface area (Å²) in [5.41, 5.74) is 0.995. The maximum absolute atomic E-state index is 12.6. The Morgan fingerprint density at radius 2 is 1.84 bits per heavy atom. The van der Waals surface area contributed by atoms with Crippen molar-refractivity contribution in [3.05, 3.63) is 17.5 Å². The topological polar surface area (TPSA) is 92.1 Å². The van der Waals surface area contributed by atoms with E-state index in [4.69, 9.17) is 14.0 Å². The van der Waals surface area contributed by atoms with Gasteiger partial charge in [0.15, 0.2) is 5.76 Å². The fraction of sp³-hybridized carbons (Fsp3) is 0.818. The second-order valence-corrected chi connectivity index (χ2v) is 8.90. The van der Waals surface area contributed by atoms with Gasteiger partial charge in [-0.1, -0.05) is 5.16 Å². The third-order valence-electron chi connectivity index (χ3n) is 6.63. The molecule has 3 fully saturated rings. The lowest BCUT2D eigenvalue weighted by atomic mass is 9.81. The van der Waals surface area contributed by atoms with Crippen molar-refractivity contribution in [3.63, 3.8) is 0 Å². The van der Waals surface area contributed by atoms with Crippen molar-refractivity contribution in [2.75, 3.05) is 78.8 Å². The highest BCUT2D eigenvalue weighted by Crippen LogP contribution is 2.26. The van der Waals surface area contributed by atoms with Gasteiger partial charge in [0.2, 0.25) is 5.91 Å². The van der Waals surface area contributed by atoms with E-state index in [-0.39, 0.29) is 5.91 Å². The molecule has 1 amide bonds. The predicted molar refractivity (Wildman–Crippen MR) is 116 cm³/mol. The second-order valence-electron chi connectivity index (χ2n) is 8.90. The van der Waals surface area contributed by atoms with Gasteiger partial charge < -0.3 is 24.6 Å². The predicted octanol–water partition coefficient (Wildman–Crippen LogP) is 0.114. The molecule has 0 spiro atoms. The number of carbonyl (C=O) groups excluding carboxylic acids is 1. The summed E-state index contributed by atoms with van der Waals surface area (Å²) < 4.78 is 16.4. The van der Waals surface area contributed by atoms with Crippen molar-refractivity contribution in [2.24, 2.45) is 11.8 Å². The molecule has 0 bridgehead atoms. The Labute approximate surface area is 184 Å². The van der Waals surface area contributed by atoms with Crippen LogP contribution in [0.2, 0.25) is 0 Å². The molecule has 4 rings (SSSR count). The van der Waals surface area contributed by atoms with Crippen molar-refractivity contribution in [1.29, 1.82) is 0 Å². The summed E-state index contributed by atoms with van der Waals surface area (Å²) in [6.07, 6.45) is 2.47. The Bertz CT molecular complexity index is 673. The molecule has 31 heavy (non-hydrogen) atoms. The standard InChI is InChI=1S/C22H37N5O4/c28-22(24-3-4-26-5-9-29-10-6-26)14-18-1-2-23-16-19(18)13-20-15-21(31-25-20)17-27-7-11-30-12-8-27/h15,18-19,23H,1-14,16-17H2,(H,24,28). The van der Waals surface area contributed by atoms with Gasteiger partial charge in [-0.3, -0.25) is 14.6 Å². The summed E-state index contributed by atoms with van der Waals surface area (Å²) in [6.45, 7) is 11.2. The molecule has 0 aliphatic carbocycles. The van der Waals surface area contributed by atoms with E-state index in [0.29, 0.717) is 24.8 Å². The third-order valence-corrected chi connectivity index (χ3v) is 6.63. The van der Waals surface area contributed by atoms with Crippen LogP contribution >= 0.6 is 0 Å². The largest absolute Gasteiger partial charge is 0.379 e. The van der Waals surface area contributed by atoms with Crippen LogP contribution in [0.25, 0.3) is 0 Å². The molecule has 9 heteroatoms. The molecule has 1 aromatic rings. The first-order valence-electron chi connectivity index (χ1n) is 11.8. The number of nitrogens with zero attached hydrogens (tertiary/aromatic N) is 3. The monoisotopic (exact) mass is 435 g/mol. The molecule has 4 heterocycles. The Morgan fingerprint density at radius 3 is 2.61 bits per heavy atom. The van der Waals surface area contributed by atoms with Gasteiger partial charge >= 0.3 is 0 Å². The van der Waals surface area contributed by atoms with E-state index in [0.717, 1.165) is 103 Å². The van der Waals surface area contributed by atoms with E-state index in [2.05, 4.69) is 31.7 Å². The van der Waals surface area contributed by atoms with Gasteiger partial charge in [-0.05, 0) is 37.8 Å². The van der Waals surface area contributed by atoms with Crippen LogP contribution in [0.5, 0.6) is 0 Å². The van der Waals surface area contributed by atoms with E-state index >= 15 is 0 Å². The van der Waals surface area contributed by atoms with Crippen molar-refractivity contribution >= 4 is 5.91 Å². The number of ether oxygens (including phenoxy) is 2. The summed E-state index contributed by atoms with van der Waals surface area (Å²) in [6, 6.07) is 2.09. The fourth-order valence-electron chi connectivity index (χ4n) is 4.75. The molecule has 3 aliphatic rings. The zero-order valence-corrected chi connectivity index (χ0v) is 18.5. The quantitative estimate of drug-likeness (QED) is 0.565. The van der Waals surface area contributed by atoms with Gasteiger partial charge in [-0.2, -0.15) is 0 Å². The number of carbonyl (C=O) groups is 1. The number of amides is 1. The smallest absolute Gasteiger partial charge is 0.220 e. The lowest BCUT2D eigenvalue weighted by molar-refractivity contribution is -0.122. The number of morpholine rings is 2. The minimum Gasteiger partial charge on any atom is -0.379 e. The van der Waals surface area contributed by atoms with Crippen LogP contribution in [0.1, 0.15) is 24.3 Å². The normalized spacial score (nSPS) is 26.1. The van der Waals surface area contributed by atoms with Crippen molar-refractivity contribution in [1.82, 2.24) is 25.6 Å². The summed E-state index contributed by atoms with van der Waals surface area (Å²) in [5, 5.41) is 10.9. The van der Waals surface area contributed by atoms with E-state index in [9.17, 15) is 4.79 Å². The van der Waals surface area contributed by atoms with E-state index in [1.54, 1.807) is 0 Å². The molecule has 1 aromatic heterocycles. The van der Waals surface area contributed by atoms with Crippen LogP contribution < -0.4 is 10.6 Å². The number of hydrogen-bond acceptors (Lipinski definition) is 8. The van der Waals surface area contributed by atoms with Crippen molar-refractivity contribution in [2.45, 2.75) is 25.8 Å². The number of nitrogens with one attached hydrogen (secondary N) is 2. The number of piperidine rings is 1. The Kier molecular flexibility index (Phi) is 8.71. The molecule has 3 aliphatic heterocycles. The van der Waals surface area contributed by atoms with Crippen LogP contribution in [0.15, 0.2) is 10.6 Å². The highest BCUT2D eigenvalue weighted by atomic mass is 16.5. The highest BCUT2D eigenvalue weighted by Gasteiger charge is 2.28. The maximum Gasteiger partial charge on any atom is 0.220 e. The molecular weight excluding hydrogens is 398 g/mol. The van der Waals surface area contributed by atoms with Crippen LogP contribution in [0.3, 0.4) is 0 Å². The second kappa shape index (κ2) is 11.9. The van der Waals surface area contributed by atoms with Crippen LogP contribution in [-0.4, -0.2) is 99.6 Å². The first-order valence-corrected chi connectivity index (χ1v) is 11.8. The third kappa shape index (κ3) is 7.25. The summed E-state index contributed by atoms with van der Waals surface area (Å²) in [5.74, 6) is 1.86. The number of aromatic nitrogens is 1. The van der Waals surface area contributed by atoms with Crippen molar-refractivity contribution < 1.29 is 18.8 Å². The highest BCUT2D eigenvalue weighted by molar-refractivity contribution is 5.76. The van der Waals surface area contributed by atoms with Gasteiger partial charge in [0.25, 0.3) is 0 Å². The van der Waals surface area contributed by atoms with Gasteiger partial charge in [0.05, 0.1) is 38.7 Å². The molecule has 2 unspecified atom stereocenters. The molecule has 2 atom stereocenters. The molecule has 9 nitrogen and oxygen atoms in total. The van der Waals surface area contributed by atoms with E-state index in [1.165, 1.54) is 0 Å². The van der Waals surface area contributed by atoms with Gasteiger partial charge in [-0.25, -0.2) is 0 Å². The van der Waals surface area contributed by atoms with Gasteiger partial charge in [0, 0.05) is 51.8 Å². The fourth-order valence-corrected chi connectivity index (χ4v) is 4.75. The Morgan fingerprint density at radius 1 is 1.10 bits per heavy atom. The minimum absolute atomic E-state index is 0.165. The average molecular weight is 436 g/mol. The first kappa shape index (κ1) is 22.7. The maximum atomic E-state index is 12.6. The van der Waals surface area contributed by atoms with E-state index < -0.39 is 0 Å². The molecule has 0 aromatic carbocycles. The lowest BCUT2D eigenvalue weighted by Crippen LogP contribution is -2.43. The summed E-state index contributed by atoms with van der Waals surface area (Å²) >= 11 is 0. The van der Waals surface area contributed by atoms with Crippen LogP contribution in [-0.2, 0) is 27.2 Å². The van der Waals surface area contributed by atoms with Crippen LogP contribution in [0, 0.1) is 11.8 Å². The van der Waals surface area contributed by atoms with Crippen molar-refractivity contribution in [3.8, 4) is 0 Å². The molecule has 3 saturated heterocycles. The van der Waals surface area contributed by atoms with Crippen LogP contribution in [0.4, 0.5) is 0 Å². The molecule has 0 saturated carbocycles. The molecule has 2 N–H and O–H groups in total. The first-order chi connectivity index (χ1) is 15.3. The van der Waals surface area contributed by atoms with E-state index in [1.807, 2.05) is 0 Å². The van der Waals surface area contributed by atoms with Gasteiger partial charge in [-0.15, -0.1) is 0 Å². The van der Waals surface area contributed by atoms with Gasteiger partial charge in [0.1, 0.15) is 0 Å². The molecule has 174 valence electrons.